The zero-order valence-corrected chi connectivity index (χ0v) is 9.80. The number of hydrazone groups is 1. The Balaban J connectivity index is 2.87. The highest BCUT2D eigenvalue weighted by atomic mass is 32.1. The molecule has 0 saturated carbocycles. The van der Waals surface area contributed by atoms with Gasteiger partial charge in [-0.1, -0.05) is 0 Å². The van der Waals surface area contributed by atoms with Crippen LogP contribution in [0.25, 0.3) is 0 Å². The number of phenols is 2. The van der Waals surface area contributed by atoms with Gasteiger partial charge in [0.05, 0.1) is 5.71 Å². The summed E-state index contributed by atoms with van der Waals surface area (Å²) in [5.41, 5.74) is 3.70. The number of nitrogens with zero attached hydrogens (tertiary/aromatic N) is 1. The molecule has 1 rings (SSSR count). The van der Waals surface area contributed by atoms with Crippen molar-refractivity contribution in [2.24, 2.45) is 5.10 Å². The summed E-state index contributed by atoms with van der Waals surface area (Å²) in [6, 6.07) is 4.31. The molecular weight excluding hydrogens is 226 g/mol. The smallest absolute Gasteiger partial charge is 0.186 e. The zero-order valence-electron chi connectivity index (χ0n) is 8.98. The predicted octanol–water partition coefficient (Wildman–Crippen LogP) is 0.916. The third kappa shape index (κ3) is 3.09. The number of rotatable bonds is 2. The summed E-state index contributed by atoms with van der Waals surface area (Å²) in [6.07, 6.45) is 0. The summed E-state index contributed by atoms with van der Waals surface area (Å²) in [4.78, 5) is 0. The van der Waals surface area contributed by atoms with Crippen LogP contribution in [0.5, 0.6) is 11.5 Å². The van der Waals surface area contributed by atoms with Crippen LogP contribution in [-0.4, -0.2) is 28.1 Å². The number of hydrogen-bond donors (Lipinski definition) is 4. The second kappa shape index (κ2) is 5.32. The van der Waals surface area contributed by atoms with Crippen molar-refractivity contribution in [1.82, 2.24) is 10.7 Å². The van der Waals surface area contributed by atoms with E-state index in [1.54, 1.807) is 20.0 Å². The quantitative estimate of drug-likeness (QED) is 0.351. The van der Waals surface area contributed by atoms with E-state index in [-0.39, 0.29) is 11.5 Å². The molecule has 0 amide bonds. The first-order chi connectivity index (χ1) is 7.54. The van der Waals surface area contributed by atoms with Crippen molar-refractivity contribution in [3.63, 3.8) is 0 Å². The topological polar surface area (TPSA) is 76.9 Å². The van der Waals surface area contributed by atoms with Gasteiger partial charge in [0.15, 0.2) is 5.11 Å². The van der Waals surface area contributed by atoms with Gasteiger partial charge in [0.25, 0.3) is 0 Å². The van der Waals surface area contributed by atoms with Crippen molar-refractivity contribution in [1.29, 1.82) is 0 Å². The maximum absolute atomic E-state index is 9.57. The minimum Gasteiger partial charge on any atom is -0.508 e. The Hall–Kier alpha value is -1.82. The van der Waals surface area contributed by atoms with Gasteiger partial charge in [-0.05, 0) is 31.3 Å². The summed E-state index contributed by atoms with van der Waals surface area (Å²) in [6.45, 7) is 1.72. The largest absolute Gasteiger partial charge is 0.508 e. The number of phenolic OH excluding ortho intramolecular Hbond substituents is 2. The van der Waals surface area contributed by atoms with Crippen LogP contribution in [-0.2, 0) is 0 Å². The van der Waals surface area contributed by atoms with E-state index < -0.39 is 0 Å². The molecule has 0 aliphatic rings. The average Bonchev–Trinajstić information content (AvgIpc) is 2.25. The van der Waals surface area contributed by atoms with Crippen molar-refractivity contribution in [2.75, 3.05) is 7.05 Å². The monoisotopic (exact) mass is 239 g/mol. The van der Waals surface area contributed by atoms with Crippen LogP contribution in [0.1, 0.15) is 12.5 Å². The van der Waals surface area contributed by atoms with Gasteiger partial charge >= 0.3 is 0 Å². The number of benzene rings is 1. The van der Waals surface area contributed by atoms with Gasteiger partial charge in [-0.25, -0.2) is 0 Å². The van der Waals surface area contributed by atoms with E-state index in [0.717, 1.165) is 0 Å². The first-order valence-electron chi connectivity index (χ1n) is 4.59. The molecule has 0 spiro atoms. The summed E-state index contributed by atoms with van der Waals surface area (Å²) in [7, 11) is 1.68. The Bertz CT molecular complexity index is 432. The molecule has 0 bridgehead atoms. The lowest BCUT2D eigenvalue weighted by Gasteiger charge is -2.06. The summed E-state index contributed by atoms with van der Waals surface area (Å²) < 4.78 is 0. The van der Waals surface area contributed by atoms with Crippen LogP contribution in [0.2, 0.25) is 0 Å². The standard InChI is InChI=1S/C10H13N3O2S/c1-6(12-13-10(16)11-2)8-4-3-7(14)5-9(8)15/h3-5,14-15H,1-2H3,(H2,11,13,16). The van der Waals surface area contributed by atoms with E-state index in [1.165, 1.54) is 12.1 Å². The molecule has 0 fully saturated rings. The molecule has 0 aliphatic carbocycles. The Labute approximate surface area is 98.8 Å². The molecular formula is C10H13N3O2S. The van der Waals surface area contributed by atoms with Gasteiger partial charge in [-0.2, -0.15) is 5.10 Å². The highest BCUT2D eigenvalue weighted by Gasteiger charge is 2.05. The fourth-order valence-electron chi connectivity index (χ4n) is 1.08. The normalized spacial score (nSPS) is 11.0. The molecule has 1 aromatic carbocycles. The van der Waals surface area contributed by atoms with Crippen molar-refractivity contribution in [2.45, 2.75) is 6.92 Å². The third-order valence-electron chi connectivity index (χ3n) is 1.92. The van der Waals surface area contributed by atoms with Gasteiger partial charge in [0.2, 0.25) is 0 Å². The van der Waals surface area contributed by atoms with E-state index in [4.69, 9.17) is 17.3 Å². The van der Waals surface area contributed by atoms with Crippen LogP contribution in [0, 0.1) is 0 Å². The molecule has 0 saturated heterocycles. The van der Waals surface area contributed by atoms with E-state index in [1.807, 2.05) is 0 Å². The number of thiocarbonyl (C=S) groups is 1. The SMILES string of the molecule is CNC(=S)NN=C(C)c1ccc(O)cc1O. The lowest BCUT2D eigenvalue weighted by Crippen LogP contribution is -2.29. The van der Waals surface area contributed by atoms with Gasteiger partial charge in [0.1, 0.15) is 11.5 Å². The Kier molecular flexibility index (Phi) is 4.07. The molecule has 86 valence electrons. The lowest BCUT2D eigenvalue weighted by molar-refractivity contribution is 0.450. The zero-order chi connectivity index (χ0) is 12.1. The van der Waals surface area contributed by atoms with Crippen LogP contribution in [0.15, 0.2) is 23.3 Å². The number of hydrogen-bond acceptors (Lipinski definition) is 4. The van der Waals surface area contributed by atoms with Crippen LogP contribution < -0.4 is 10.7 Å². The molecule has 0 heterocycles. The molecule has 1 aromatic rings. The average molecular weight is 239 g/mol. The number of aromatic hydroxyl groups is 2. The van der Waals surface area contributed by atoms with Crippen LogP contribution in [0.3, 0.4) is 0 Å². The van der Waals surface area contributed by atoms with Gasteiger partial charge in [0, 0.05) is 18.7 Å². The summed E-state index contributed by atoms with van der Waals surface area (Å²) >= 11 is 4.85. The van der Waals surface area contributed by atoms with Gasteiger partial charge in [-0.15, -0.1) is 0 Å². The van der Waals surface area contributed by atoms with Gasteiger partial charge < -0.3 is 15.5 Å². The highest BCUT2D eigenvalue weighted by molar-refractivity contribution is 7.80. The van der Waals surface area contributed by atoms with Crippen LogP contribution in [0.4, 0.5) is 0 Å². The molecule has 0 unspecified atom stereocenters. The highest BCUT2D eigenvalue weighted by Crippen LogP contribution is 2.22. The Morgan fingerprint density at radius 2 is 2.06 bits per heavy atom. The Morgan fingerprint density at radius 1 is 1.38 bits per heavy atom. The van der Waals surface area contributed by atoms with Crippen molar-refractivity contribution in [3.8, 4) is 11.5 Å². The molecule has 0 aliphatic heterocycles. The summed E-state index contributed by atoms with van der Waals surface area (Å²) in [5, 5.41) is 25.8. The maximum Gasteiger partial charge on any atom is 0.186 e. The second-order valence-electron chi connectivity index (χ2n) is 3.09. The number of nitrogens with one attached hydrogen (secondary N) is 2. The molecule has 0 radical (unpaired) electrons. The van der Waals surface area contributed by atoms with E-state index in [2.05, 4.69) is 15.8 Å². The predicted molar refractivity (Wildman–Crippen MR) is 66.8 cm³/mol. The first-order valence-corrected chi connectivity index (χ1v) is 4.99. The van der Waals surface area contributed by atoms with E-state index >= 15 is 0 Å². The first kappa shape index (κ1) is 12.3. The van der Waals surface area contributed by atoms with E-state index in [9.17, 15) is 5.11 Å². The Morgan fingerprint density at radius 3 is 2.62 bits per heavy atom. The maximum atomic E-state index is 9.57. The molecule has 6 heteroatoms. The minimum atomic E-state index is -0.0292. The summed E-state index contributed by atoms with van der Waals surface area (Å²) in [5.74, 6) is -0.0221. The molecule has 5 nitrogen and oxygen atoms in total. The van der Waals surface area contributed by atoms with Crippen molar-refractivity contribution >= 4 is 23.0 Å². The molecule has 0 atom stereocenters. The fraction of sp³-hybridized carbons (Fsp3) is 0.200. The van der Waals surface area contributed by atoms with Crippen molar-refractivity contribution < 1.29 is 10.2 Å². The molecule has 0 aromatic heterocycles. The fourth-order valence-corrected chi connectivity index (χ4v) is 1.12. The van der Waals surface area contributed by atoms with Crippen molar-refractivity contribution in [3.05, 3.63) is 23.8 Å². The lowest BCUT2D eigenvalue weighted by atomic mass is 10.1. The second-order valence-corrected chi connectivity index (χ2v) is 3.50. The van der Waals surface area contributed by atoms with E-state index in [0.29, 0.717) is 16.4 Å². The van der Waals surface area contributed by atoms with Gasteiger partial charge in [-0.3, -0.25) is 5.43 Å². The van der Waals surface area contributed by atoms with Crippen LogP contribution >= 0.6 is 12.2 Å². The molecule has 4 N–H and O–H groups in total. The minimum absolute atomic E-state index is 0.00718. The molecule has 16 heavy (non-hydrogen) atoms. The third-order valence-corrected chi connectivity index (χ3v) is 2.22.